The molecule has 0 aromatic heterocycles. The SMILES string of the molecule is CC(=O)N[C@H](Cc1ccccc1)C(=O)N[C@@H](CC(=O)O)C(=O)O. The quantitative estimate of drug-likeness (QED) is 0.523. The zero-order chi connectivity index (χ0) is 17.4. The summed E-state index contributed by atoms with van der Waals surface area (Å²) in [7, 11) is 0. The lowest BCUT2D eigenvalue weighted by atomic mass is 10.0. The second-order valence-corrected chi connectivity index (χ2v) is 4.94. The maximum atomic E-state index is 12.2. The van der Waals surface area contributed by atoms with Crippen molar-refractivity contribution in [2.45, 2.75) is 31.8 Å². The Bertz CT molecular complexity index is 587. The largest absolute Gasteiger partial charge is 0.481 e. The highest BCUT2D eigenvalue weighted by atomic mass is 16.4. The smallest absolute Gasteiger partial charge is 0.326 e. The molecule has 0 unspecified atom stereocenters. The van der Waals surface area contributed by atoms with Crippen LogP contribution in [0.15, 0.2) is 30.3 Å². The molecule has 8 nitrogen and oxygen atoms in total. The van der Waals surface area contributed by atoms with E-state index in [4.69, 9.17) is 10.2 Å². The molecule has 8 heteroatoms. The number of amides is 2. The van der Waals surface area contributed by atoms with Crippen molar-refractivity contribution in [3.8, 4) is 0 Å². The molecule has 0 aliphatic carbocycles. The Labute approximate surface area is 132 Å². The van der Waals surface area contributed by atoms with Crippen molar-refractivity contribution in [2.75, 3.05) is 0 Å². The molecule has 0 bridgehead atoms. The molecule has 0 heterocycles. The third-order valence-electron chi connectivity index (χ3n) is 2.97. The number of benzene rings is 1. The molecule has 0 aliphatic rings. The summed E-state index contributed by atoms with van der Waals surface area (Å²) in [5, 5.41) is 22.2. The monoisotopic (exact) mass is 322 g/mol. The van der Waals surface area contributed by atoms with E-state index in [1.165, 1.54) is 6.92 Å². The van der Waals surface area contributed by atoms with Crippen LogP contribution in [0.25, 0.3) is 0 Å². The fourth-order valence-corrected chi connectivity index (χ4v) is 1.95. The van der Waals surface area contributed by atoms with Gasteiger partial charge in [0, 0.05) is 13.3 Å². The summed E-state index contributed by atoms with van der Waals surface area (Å²) < 4.78 is 0. The highest BCUT2D eigenvalue weighted by Crippen LogP contribution is 2.04. The van der Waals surface area contributed by atoms with Gasteiger partial charge in [-0.05, 0) is 5.56 Å². The van der Waals surface area contributed by atoms with E-state index >= 15 is 0 Å². The van der Waals surface area contributed by atoms with Crippen LogP contribution in [-0.2, 0) is 25.6 Å². The van der Waals surface area contributed by atoms with E-state index in [2.05, 4.69) is 10.6 Å². The van der Waals surface area contributed by atoms with E-state index in [9.17, 15) is 19.2 Å². The van der Waals surface area contributed by atoms with Crippen molar-refractivity contribution in [2.24, 2.45) is 0 Å². The van der Waals surface area contributed by atoms with E-state index in [1.807, 2.05) is 0 Å². The van der Waals surface area contributed by atoms with Crippen LogP contribution < -0.4 is 10.6 Å². The topological polar surface area (TPSA) is 133 Å². The fraction of sp³-hybridized carbons (Fsp3) is 0.333. The molecular weight excluding hydrogens is 304 g/mol. The van der Waals surface area contributed by atoms with E-state index in [0.717, 1.165) is 5.56 Å². The minimum Gasteiger partial charge on any atom is -0.481 e. The standard InChI is InChI=1S/C15H18N2O6/c1-9(18)16-11(7-10-5-3-2-4-6-10)14(21)17-12(15(22)23)8-13(19)20/h2-6,11-12H,7-8H2,1H3,(H,16,18)(H,17,21)(H,19,20)(H,22,23)/t11-,12+/m1/s1. The number of carboxylic acids is 2. The number of carbonyl (C=O) groups is 4. The first-order valence-corrected chi connectivity index (χ1v) is 6.85. The Morgan fingerprint density at radius 3 is 2.09 bits per heavy atom. The van der Waals surface area contributed by atoms with Gasteiger partial charge in [-0.15, -0.1) is 0 Å². The Balaban J connectivity index is 2.83. The van der Waals surface area contributed by atoms with Gasteiger partial charge in [-0.1, -0.05) is 30.3 Å². The highest BCUT2D eigenvalue weighted by molar-refractivity contribution is 5.91. The van der Waals surface area contributed by atoms with Crippen LogP contribution in [0, 0.1) is 0 Å². The Kier molecular flexibility index (Phi) is 6.72. The molecule has 0 aliphatic heterocycles. The number of aliphatic carboxylic acids is 2. The maximum Gasteiger partial charge on any atom is 0.326 e. The lowest BCUT2D eigenvalue weighted by molar-refractivity contribution is -0.147. The minimum absolute atomic E-state index is 0.158. The fourth-order valence-electron chi connectivity index (χ4n) is 1.95. The van der Waals surface area contributed by atoms with Crippen molar-refractivity contribution in [1.29, 1.82) is 0 Å². The van der Waals surface area contributed by atoms with Gasteiger partial charge >= 0.3 is 11.9 Å². The van der Waals surface area contributed by atoms with Gasteiger partial charge in [0.15, 0.2) is 0 Å². The van der Waals surface area contributed by atoms with Crippen molar-refractivity contribution in [3.63, 3.8) is 0 Å². The predicted molar refractivity (Wildman–Crippen MR) is 79.6 cm³/mol. The van der Waals surface area contributed by atoms with E-state index < -0.39 is 42.3 Å². The zero-order valence-electron chi connectivity index (χ0n) is 12.5. The van der Waals surface area contributed by atoms with Gasteiger partial charge in [0.1, 0.15) is 12.1 Å². The third-order valence-corrected chi connectivity index (χ3v) is 2.97. The molecule has 2 atom stereocenters. The van der Waals surface area contributed by atoms with Crippen molar-refractivity contribution < 1.29 is 29.4 Å². The van der Waals surface area contributed by atoms with E-state index in [-0.39, 0.29) is 6.42 Å². The van der Waals surface area contributed by atoms with Crippen LogP contribution in [0.1, 0.15) is 18.9 Å². The molecule has 0 saturated heterocycles. The molecule has 0 spiro atoms. The highest BCUT2D eigenvalue weighted by Gasteiger charge is 2.27. The Morgan fingerprint density at radius 2 is 1.61 bits per heavy atom. The average Bonchev–Trinajstić information content (AvgIpc) is 2.45. The van der Waals surface area contributed by atoms with Crippen molar-refractivity contribution in [3.05, 3.63) is 35.9 Å². The molecule has 1 rings (SSSR count). The molecule has 0 fully saturated rings. The van der Waals surface area contributed by atoms with Gasteiger partial charge in [0.25, 0.3) is 0 Å². The van der Waals surface area contributed by atoms with E-state index in [1.54, 1.807) is 30.3 Å². The lowest BCUT2D eigenvalue weighted by Crippen LogP contribution is -2.52. The molecule has 1 aromatic carbocycles. The second-order valence-electron chi connectivity index (χ2n) is 4.94. The summed E-state index contributed by atoms with van der Waals surface area (Å²) in [6, 6.07) is 6.29. The molecule has 4 N–H and O–H groups in total. The second kappa shape index (κ2) is 8.52. The van der Waals surface area contributed by atoms with Crippen molar-refractivity contribution in [1.82, 2.24) is 10.6 Å². The van der Waals surface area contributed by atoms with Crippen LogP contribution in [0.2, 0.25) is 0 Å². The van der Waals surface area contributed by atoms with Gasteiger partial charge in [0.2, 0.25) is 11.8 Å². The molecule has 1 aromatic rings. The third kappa shape index (κ3) is 6.60. The van der Waals surface area contributed by atoms with Gasteiger partial charge in [-0.25, -0.2) is 4.79 Å². The lowest BCUT2D eigenvalue weighted by Gasteiger charge is -2.20. The molecular formula is C15H18N2O6. The van der Waals surface area contributed by atoms with E-state index in [0.29, 0.717) is 0 Å². The zero-order valence-corrected chi connectivity index (χ0v) is 12.5. The normalized spacial score (nSPS) is 12.7. The Morgan fingerprint density at radius 1 is 1.00 bits per heavy atom. The summed E-state index contributed by atoms with van der Waals surface area (Å²) >= 11 is 0. The maximum absolute atomic E-state index is 12.2. The number of hydrogen-bond donors (Lipinski definition) is 4. The number of hydrogen-bond acceptors (Lipinski definition) is 4. The summed E-state index contributed by atoms with van der Waals surface area (Å²) in [5.74, 6) is -4.01. The van der Waals surface area contributed by atoms with Crippen LogP contribution >= 0.6 is 0 Å². The summed E-state index contributed by atoms with van der Waals surface area (Å²) in [5.41, 5.74) is 0.770. The first-order valence-electron chi connectivity index (χ1n) is 6.85. The molecule has 0 saturated carbocycles. The van der Waals surface area contributed by atoms with Crippen LogP contribution in [0.3, 0.4) is 0 Å². The Hall–Kier alpha value is -2.90. The van der Waals surface area contributed by atoms with Crippen LogP contribution in [-0.4, -0.2) is 46.0 Å². The van der Waals surface area contributed by atoms with Crippen molar-refractivity contribution >= 4 is 23.8 Å². The summed E-state index contributed by atoms with van der Waals surface area (Å²) in [6.45, 7) is 1.23. The number of carbonyl (C=O) groups excluding carboxylic acids is 2. The first-order chi connectivity index (χ1) is 10.8. The van der Waals surface area contributed by atoms with Crippen LogP contribution in [0.5, 0.6) is 0 Å². The molecule has 23 heavy (non-hydrogen) atoms. The number of carboxylic acid groups (broad SMARTS) is 2. The van der Waals surface area contributed by atoms with Gasteiger partial charge < -0.3 is 20.8 Å². The summed E-state index contributed by atoms with van der Waals surface area (Å²) in [6.07, 6.45) is -0.592. The van der Waals surface area contributed by atoms with Gasteiger partial charge in [0.05, 0.1) is 6.42 Å². The number of rotatable bonds is 8. The average molecular weight is 322 g/mol. The molecule has 0 radical (unpaired) electrons. The van der Waals surface area contributed by atoms with Gasteiger partial charge in [-0.2, -0.15) is 0 Å². The summed E-state index contributed by atoms with van der Waals surface area (Å²) in [4.78, 5) is 45.1. The minimum atomic E-state index is -1.56. The van der Waals surface area contributed by atoms with Gasteiger partial charge in [-0.3, -0.25) is 14.4 Å². The number of nitrogens with one attached hydrogen (secondary N) is 2. The molecule has 124 valence electrons. The predicted octanol–water partition coefficient (Wildman–Crippen LogP) is -0.222. The first kappa shape index (κ1) is 18.1. The van der Waals surface area contributed by atoms with Crippen LogP contribution in [0.4, 0.5) is 0 Å². The molecule has 2 amide bonds.